The lowest BCUT2D eigenvalue weighted by Gasteiger charge is -2.25. The highest BCUT2D eigenvalue weighted by molar-refractivity contribution is 5.89. The number of ether oxygens (including phenoxy) is 1. The molecule has 1 heterocycles. The van der Waals surface area contributed by atoms with Crippen LogP contribution < -0.4 is 20.7 Å². The second-order valence-corrected chi connectivity index (χ2v) is 4.76. The molecule has 104 valence electrons. The quantitative estimate of drug-likeness (QED) is 0.775. The largest absolute Gasteiger partial charge is 0.495 e. The van der Waals surface area contributed by atoms with Crippen molar-refractivity contribution in [2.45, 2.75) is 25.8 Å². The molecule has 5 nitrogen and oxygen atoms in total. The van der Waals surface area contributed by atoms with Gasteiger partial charge >= 0.3 is 0 Å². The average molecular weight is 263 g/mol. The molecule has 0 atom stereocenters. The maximum atomic E-state index is 11.1. The summed E-state index contributed by atoms with van der Waals surface area (Å²) in [6.07, 6.45) is 2.18. The summed E-state index contributed by atoms with van der Waals surface area (Å²) in [5, 5.41) is 9.62. The summed E-state index contributed by atoms with van der Waals surface area (Å²) in [7, 11) is 1.65. The Kier molecular flexibility index (Phi) is 4.63. The fourth-order valence-electron chi connectivity index (χ4n) is 2.29. The predicted molar refractivity (Wildman–Crippen MR) is 76.8 cm³/mol. The van der Waals surface area contributed by atoms with Crippen LogP contribution in [-0.4, -0.2) is 32.1 Å². The molecule has 0 bridgehead atoms. The average Bonchev–Trinajstić information content (AvgIpc) is 2.39. The van der Waals surface area contributed by atoms with E-state index in [1.165, 1.54) is 6.92 Å². The number of hydrogen-bond donors (Lipinski definition) is 3. The molecule has 0 radical (unpaired) electrons. The minimum absolute atomic E-state index is 0.0713. The maximum absolute atomic E-state index is 11.1. The Balaban J connectivity index is 2.12. The Morgan fingerprint density at radius 1 is 1.37 bits per heavy atom. The molecule has 0 aromatic heterocycles. The second-order valence-electron chi connectivity index (χ2n) is 4.76. The SMILES string of the molecule is COc1ccc(NC(C)=O)cc1NC1CCNCC1. The summed E-state index contributed by atoms with van der Waals surface area (Å²) >= 11 is 0. The molecular weight excluding hydrogens is 242 g/mol. The molecule has 3 N–H and O–H groups in total. The lowest BCUT2D eigenvalue weighted by Crippen LogP contribution is -2.35. The maximum Gasteiger partial charge on any atom is 0.221 e. The molecule has 0 saturated carbocycles. The fourth-order valence-corrected chi connectivity index (χ4v) is 2.29. The number of nitrogens with one attached hydrogen (secondary N) is 3. The summed E-state index contributed by atoms with van der Waals surface area (Å²) in [5.74, 6) is 0.727. The summed E-state index contributed by atoms with van der Waals surface area (Å²) in [6, 6.07) is 6.08. The zero-order valence-electron chi connectivity index (χ0n) is 11.5. The van der Waals surface area contributed by atoms with Crippen molar-refractivity contribution in [3.05, 3.63) is 18.2 Å². The minimum atomic E-state index is -0.0713. The van der Waals surface area contributed by atoms with Crippen LogP contribution in [0.1, 0.15) is 19.8 Å². The highest BCUT2D eigenvalue weighted by Gasteiger charge is 2.15. The topological polar surface area (TPSA) is 62.4 Å². The number of methoxy groups -OCH3 is 1. The molecule has 2 rings (SSSR count). The first kappa shape index (κ1) is 13.7. The van der Waals surface area contributed by atoms with Gasteiger partial charge in [-0.3, -0.25) is 4.79 Å². The van der Waals surface area contributed by atoms with E-state index in [0.29, 0.717) is 6.04 Å². The van der Waals surface area contributed by atoms with Crippen LogP contribution in [-0.2, 0) is 4.79 Å². The molecule has 1 aliphatic rings. The van der Waals surface area contributed by atoms with E-state index in [9.17, 15) is 4.79 Å². The van der Waals surface area contributed by atoms with Crippen molar-refractivity contribution in [3.63, 3.8) is 0 Å². The third-order valence-electron chi connectivity index (χ3n) is 3.22. The monoisotopic (exact) mass is 263 g/mol. The summed E-state index contributed by atoms with van der Waals surface area (Å²) in [5.41, 5.74) is 1.71. The third-order valence-corrected chi connectivity index (χ3v) is 3.22. The molecule has 1 amide bonds. The molecular formula is C14H21N3O2. The lowest BCUT2D eigenvalue weighted by molar-refractivity contribution is -0.114. The van der Waals surface area contributed by atoms with E-state index in [0.717, 1.165) is 43.1 Å². The van der Waals surface area contributed by atoms with Crippen LogP contribution in [0.25, 0.3) is 0 Å². The number of benzene rings is 1. The Labute approximate surface area is 113 Å². The van der Waals surface area contributed by atoms with Gasteiger partial charge in [0.05, 0.1) is 12.8 Å². The van der Waals surface area contributed by atoms with E-state index >= 15 is 0 Å². The summed E-state index contributed by atoms with van der Waals surface area (Å²) < 4.78 is 5.36. The number of carbonyl (C=O) groups excluding carboxylic acids is 1. The normalized spacial score (nSPS) is 15.9. The van der Waals surface area contributed by atoms with Crippen LogP contribution in [0.2, 0.25) is 0 Å². The fraction of sp³-hybridized carbons (Fsp3) is 0.500. The molecule has 1 saturated heterocycles. The smallest absolute Gasteiger partial charge is 0.221 e. The van der Waals surface area contributed by atoms with E-state index < -0.39 is 0 Å². The zero-order valence-corrected chi connectivity index (χ0v) is 11.5. The second kappa shape index (κ2) is 6.43. The molecule has 5 heteroatoms. The lowest BCUT2D eigenvalue weighted by atomic mass is 10.1. The first-order valence-corrected chi connectivity index (χ1v) is 6.62. The molecule has 0 spiro atoms. The van der Waals surface area contributed by atoms with Crippen molar-refractivity contribution < 1.29 is 9.53 Å². The third kappa shape index (κ3) is 3.86. The zero-order chi connectivity index (χ0) is 13.7. The van der Waals surface area contributed by atoms with Gasteiger partial charge in [0.15, 0.2) is 0 Å². The van der Waals surface area contributed by atoms with Crippen molar-refractivity contribution in [1.29, 1.82) is 0 Å². The number of anilines is 2. The van der Waals surface area contributed by atoms with Crippen molar-refractivity contribution in [2.24, 2.45) is 0 Å². The van der Waals surface area contributed by atoms with E-state index in [1.54, 1.807) is 7.11 Å². The van der Waals surface area contributed by atoms with Crippen molar-refractivity contribution in [3.8, 4) is 5.75 Å². The highest BCUT2D eigenvalue weighted by atomic mass is 16.5. The van der Waals surface area contributed by atoms with E-state index in [2.05, 4.69) is 16.0 Å². The van der Waals surface area contributed by atoms with Crippen LogP contribution in [0, 0.1) is 0 Å². The predicted octanol–water partition coefficient (Wildman–Crippen LogP) is 1.82. The molecule has 1 aromatic carbocycles. The van der Waals surface area contributed by atoms with Crippen molar-refractivity contribution in [1.82, 2.24) is 5.32 Å². The van der Waals surface area contributed by atoms with Gasteiger partial charge in [0, 0.05) is 18.7 Å². The Morgan fingerprint density at radius 3 is 2.74 bits per heavy atom. The molecule has 0 aliphatic carbocycles. The minimum Gasteiger partial charge on any atom is -0.495 e. The van der Waals surface area contributed by atoms with Crippen molar-refractivity contribution in [2.75, 3.05) is 30.8 Å². The van der Waals surface area contributed by atoms with E-state index in [1.807, 2.05) is 18.2 Å². The highest BCUT2D eigenvalue weighted by Crippen LogP contribution is 2.29. The number of amides is 1. The Hall–Kier alpha value is -1.75. The standard InChI is InChI=1S/C14H21N3O2/c1-10(18)16-12-3-4-14(19-2)13(9-12)17-11-5-7-15-8-6-11/h3-4,9,11,15,17H,5-8H2,1-2H3,(H,16,18). The Bertz CT molecular complexity index is 442. The van der Waals surface area contributed by atoms with Crippen LogP contribution in [0.3, 0.4) is 0 Å². The van der Waals surface area contributed by atoms with Gasteiger partial charge in [-0.1, -0.05) is 0 Å². The number of carbonyl (C=O) groups is 1. The first-order chi connectivity index (χ1) is 9.19. The van der Waals surface area contributed by atoms with Crippen LogP contribution >= 0.6 is 0 Å². The molecule has 0 unspecified atom stereocenters. The van der Waals surface area contributed by atoms with Gasteiger partial charge in [-0.15, -0.1) is 0 Å². The number of rotatable bonds is 4. The summed E-state index contributed by atoms with van der Waals surface area (Å²) in [6.45, 7) is 3.57. The van der Waals surface area contributed by atoms with Gasteiger partial charge in [0.1, 0.15) is 5.75 Å². The van der Waals surface area contributed by atoms with Gasteiger partial charge in [-0.05, 0) is 44.1 Å². The van der Waals surface area contributed by atoms with Gasteiger partial charge < -0.3 is 20.7 Å². The molecule has 1 fully saturated rings. The summed E-state index contributed by atoms with van der Waals surface area (Å²) in [4.78, 5) is 11.1. The number of hydrogen-bond acceptors (Lipinski definition) is 4. The van der Waals surface area contributed by atoms with Gasteiger partial charge in [0.25, 0.3) is 0 Å². The molecule has 1 aliphatic heterocycles. The Morgan fingerprint density at radius 2 is 2.11 bits per heavy atom. The van der Waals surface area contributed by atoms with Gasteiger partial charge in [-0.2, -0.15) is 0 Å². The number of piperidine rings is 1. The van der Waals surface area contributed by atoms with Crippen molar-refractivity contribution >= 4 is 17.3 Å². The van der Waals surface area contributed by atoms with Crippen LogP contribution in [0.15, 0.2) is 18.2 Å². The van der Waals surface area contributed by atoms with E-state index in [4.69, 9.17) is 4.74 Å². The van der Waals surface area contributed by atoms with Crippen LogP contribution in [0.5, 0.6) is 5.75 Å². The first-order valence-electron chi connectivity index (χ1n) is 6.62. The molecule has 1 aromatic rings. The van der Waals surface area contributed by atoms with Gasteiger partial charge in [0.2, 0.25) is 5.91 Å². The van der Waals surface area contributed by atoms with Crippen LogP contribution in [0.4, 0.5) is 11.4 Å². The van der Waals surface area contributed by atoms with Gasteiger partial charge in [-0.25, -0.2) is 0 Å². The van der Waals surface area contributed by atoms with E-state index in [-0.39, 0.29) is 5.91 Å². The molecule has 19 heavy (non-hydrogen) atoms.